The zero-order valence-electron chi connectivity index (χ0n) is 14.5. The number of hydrogen-bond acceptors (Lipinski definition) is 6. The van der Waals surface area contributed by atoms with E-state index < -0.39 is 16.0 Å². The number of aromatic nitrogens is 2. The Balaban J connectivity index is 2.29. The molecule has 0 atom stereocenters. The molecule has 0 unspecified atom stereocenters. The third-order valence-electron chi connectivity index (χ3n) is 3.38. The molecule has 8 nitrogen and oxygen atoms in total. The molecule has 1 aromatic heterocycles. The van der Waals surface area contributed by atoms with E-state index in [9.17, 15) is 18.3 Å². The minimum Gasteiger partial charge on any atom is -0.477 e. The van der Waals surface area contributed by atoms with E-state index in [-0.39, 0.29) is 34.7 Å². The zero-order valence-corrected chi connectivity index (χ0v) is 16.0. The number of benzene rings is 1. The molecule has 0 fully saturated rings. The van der Waals surface area contributed by atoms with Gasteiger partial charge in [0.15, 0.2) is 0 Å². The van der Waals surface area contributed by atoms with Crippen molar-refractivity contribution in [3.05, 3.63) is 46.9 Å². The fourth-order valence-electron chi connectivity index (χ4n) is 2.11. The molecule has 2 aromatic rings. The predicted octanol–water partition coefficient (Wildman–Crippen LogP) is 2.47. The number of aromatic carboxylic acids is 1. The van der Waals surface area contributed by atoms with E-state index in [1.54, 1.807) is 0 Å². The molecular formula is C16H19ClN4O4S. The van der Waals surface area contributed by atoms with Crippen LogP contribution in [0.3, 0.4) is 0 Å². The van der Waals surface area contributed by atoms with Crippen LogP contribution >= 0.6 is 11.6 Å². The number of carbonyl (C=O) groups is 1. The normalized spacial score (nSPS) is 11.8. The number of anilines is 1. The molecule has 0 saturated heterocycles. The number of carboxylic acid groups (broad SMARTS) is 1. The van der Waals surface area contributed by atoms with Gasteiger partial charge in [0.25, 0.3) is 0 Å². The van der Waals surface area contributed by atoms with Crippen LogP contribution in [0.2, 0.25) is 5.02 Å². The quantitative estimate of drug-likeness (QED) is 0.736. The van der Waals surface area contributed by atoms with Gasteiger partial charge in [-0.2, -0.15) is 4.31 Å². The number of hydrogen-bond donors (Lipinski definition) is 2. The number of sulfonamides is 1. The Morgan fingerprint density at radius 2 is 1.92 bits per heavy atom. The van der Waals surface area contributed by atoms with E-state index in [1.807, 2.05) is 13.8 Å². The monoisotopic (exact) mass is 398 g/mol. The van der Waals surface area contributed by atoms with Crippen LogP contribution in [0.25, 0.3) is 0 Å². The maximum Gasteiger partial charge on any atom is 0.341 e. The molecule has 0 aliphatic heterocycles. The molecule has 0 aliphatic carbocycles. The average molecular weight is 399 g/mol. The summed E-state index contributed by atoms with van der Waals surface area (Å²) in [5.74, 6) is -0.838. The average Bonchev–Trinajstić information content (AvgIpc) is 2.54. The van der Waals surface area contributed by atoms with Gasteiger partial charge in [-0.3, -0.25) is 0 Å². The van der Waals surface area contributed by atoms with Crippen LogP contribution in [-0.2, 0) is 16.6 Å². The van der Waals surface area contributed by atoms with E-state index in [2.05, 4.69) is 15.3 Å². The third-order valence-corrected chi connectivity index (χ3v) is 5.45. The third kappa shape index (κ3) is 4.69. The van der Waals surface area contributed by atoms with E-state index in [0.29, 0.717) is 5.02 Å². The first-order chi connectivity index (χ1) is 12.1. The Morgan fingerprint density at radius 3 is 2.46 bits per heavy atom. The van der Waals surface area contributed by atoms with Crippen LogP contribution in [0.1, 0.15) is 30.0 Å². The summed E-state index contributed by atoms with van der Waals surface area (Å²) >= 11 is 5.79. The Kier molecular flexibility index (Phi) is 6.17. The van der Waals surface area contributed by atoms with E-state index in [0.717, 1.165) is 10.5 Å². The van der Waals surface area contributed by atoms with Gasteiger partial charge >= 0.3 is 5.97 Å². The summed E-state index contributed by atoms with van der Waals surface area (Å²) in [5, 5.41) is 12.6. The molecule has 26 heavy (non-hydrogen) atoms. The Hall–Kier alpha value is -2.23. The van der Waals surface area contributed by atoms with Crippen molar-refractivity contribution in [3.8, 4) is 0 Å². The van der Waals surface area contributed by atoms with Crippen molar-refractivity contribution >= 4 is 33.4 Å². The minimum absolute atomic E-state index is 0.0496. The lowest BCUT2D eigenvalue weighted by Gasteiger charge is -2.18. The Labute approximate surface area is 156 Å². The summed E-state index contributed by atoms with van der Waals surface area (Å²) in [5.41, 5.74) is -0.0781. The SMILES string of the molecule is CC(C)Nc1nc(CN(C)S(=O)(=O)c2ccc(Cl)cc2)ncc1C(=O)O. The van der Waals surface area contributed by atoms with Crippen LogP contribution < -0.4 is 5.32 Å². The summed E-state index contributed by atoms with van der Waals surface area (Å²) < 4.78 is 26.3. The van der Waals surface area contributed by atoms with Crippen molar-refractivity contribution in [1.82, 2.24) is 14.3 Å². The molecule has 10 heteroatoms. The van der Waals surface area contributed by atoms with Crippen LogP contribution in [0.5, 0.6) is 0 Å². The minimum atomic E-state index is -3.76. The second kappa shape index (κ2) is 7.98. The number of rotatable bonds is 7. The maximum atomic E-state index is 12.6. The van der Waals surface area contributed by atoms with Gasteiger partial charge < -0.3 is 10.4 Å². The lowest BCUT2D eigenvalue weighted by atomic mass is 10.3. The van der Waals surface area contributed by atoms with Crippen molar-refractivity contribution in [3.63, 3.8) is 0 Å². The van der Waals surface area contributed by atoms with Crippen LogP contribution in [-0.4, -0.2) is 46.9 Å². The summed E-state index contributed by atoms with van der Waals surface area (Å²) in [4.78, 5) is 19.5. The molecule has 0 saturated carbocycles. The van der Waals surface area contributed by atoms with Crippen molar-refractivity contribution < 1.29 is 18.3 Å². The largest absolute Gasteiger partial charge is 0.477 e. The molecule has 0 bridgehead atoms. The van der Waals surface area contributed by atoms with Gasteiger partial charge in [0.1, 0.15) is 17.2 Å². The van der Waals surface area contributed by atoms with Gasteiger partial charge in [0.2, 0.25) is 10.0 Å². The second-order valence-corrected chi connectivity index (χ2v) is 8.35. The van der Waals surface area contributed by atoms with Gasteiger partial charge in [-0.25, -0.2) is 23.2 Å². The van der Waals surface area contributed by atoms with Crippen molar-refractivity contribution in [2.45, 2.75) is 31.3 Å². The standard InChI is InChI=1S/C16H19ClN4O4S/c1-10(2)19-15-13(16(22)23)8-18-14(20-15)9-21(3)26(24,25)12-6-4-11(17)5-7-12/h4-8,10H,9H2,1-3H3,(H,22,23)(H,18,19,20). The molecule has 1 aromatic carbocycles. The van der Waals surface area contributed by atoms with Crippen LogP contribution in [0.4, 0.5) is 5.82 Å². The molecule has 0 radical (unpaired) electrons. The van der Waals surface area contributed by atoms with Gasteiger partial charge in [-0.15, -0.1) is 0 Å². The predicted molar refractivity (Wildman–Crippen MR) is 97.9 cm³/mol. The lowest BCUT2D eigenvalue weighted by Crippen LogP contribution is -2.28. The van der Waals surface area contributed by atoms with Gasteiger partial charge in [0, 0.05) is 24.3 Å². The fraction of sp³-hybridized carbons (Fsp3) is 0.312. The summed E-state index contributed by atoms with van der Waals surface area (Å²) in [6.45, 7) is 3.56. The second-order valence-electron chi connectivity index (χ2n) is 5.87. The maximum absolute atomic E-state index is 12.6. The number of nitrogens with one attached hydrogen (secondary N) is 1. The van der Waals surface area contributed by atoms with Gasteiger partial charge in [-0.05, 0) is 38.1 Å². The topological polar surface area (TPSA) is 112 Å². The summed E-state index contributed by atoms with van der Waals surface area (Å²) in [6.07, 6.45) is 1.16. The molecule has 2 N–H and O–H groups in total. The highest BCUT2D eigenvalue weighted by Crippen LogP contribution is 2.19. The van der Waals surface area contributed by atoms with Crippen LogP contribution in [0.15, 0.2) is 35.4 Å². The lowest BCUT2D eigenvalue weighted by molar-refractivity contribution is 0.0697. The zero-order chi connectivity index (χ0) is 19.5. The van der Waals surface area contributed by atoms with Gasteiger partial charge in [0.05, 0.1) is 11.4 Å². The fourth-order valence-corrected chi connectivity index (χ4v) is 3.36. The van der Waals surface area contributed by atoms with E-state index >= 15 is 0 Å². The van der Waals surface area contributed by atoms with Crippen molar-refractivity contribution in [2.24, 2.45) is 0 Å². The van der Waals surface area contributed by atoms with Gasteiger partial charge in [-0.1, -0.05) is 11.6 Å². The highest BCUT2D eigenvalue weighted by Gasteiger charge is 2.23. The first-order valence-electron chi connectivity index (χ1n) is 7.69. The van der Waals surface area contributed by atoms with E-state index in [1.165, 1.54) is 31.3 Å². The molecule has 1 heterocycles. The van der Waals surface area contributed by atoms with E-state index in [4.69, 9.17) is 11.6 Å². The summed E-state index contributed by atoms with van der Waals surface area (Å²) in [6, 6.07) is 5.75. The first-order valence-corrected chi connectivity index (χ1v) is 9.50. The molecule has 0 amide bonds. The number of nitrogens with zero attached hydrogens (tertiary/aromatic N) is 3. The first kappa shape index (κ1) is 20.1. The Bertz CT molecular complexity index is 901. The molecule has 2 rings (SSSR count). The number of carboxylic acids is 1. The Morgan fingerprint density at radius 1 is 1.31 bits per heavy atom. The molecular weight excluding hydrogens is 380 g/mol. The highest BCUT2D eigenvalue weighted by atomic mass is 35.5. The smallest absolute Gasteiger partial charge is 0.341 e. The van der Waals surface area contributed by atoms with Crippen molar-refractivity contribution in [1.29, 1.82) is 0 Å². The molecule has 140 valence electrons. The number of halogens is 1. The summed E-state index contributed by atoms with van der Waals surface area (Å²) in [7, 11) is -2.36. The highest BCUT2D eigenvalue weighted by molar-refractivity contribution is 7.89. The molecule has 0 spiro atoms. The van der Waals surface area contributed by atoms with Crippen LogP contribution in [0, 0.1) is 0 Å². The van der Waals surface area contributed by atoms with Crippen molar-refractivity contribution in [2.75, 3.05) is 12.4 Å². The molecule has 0 aliphatic rings.